The van der Waals surface area contributed by atoms with Gasteiger partial charge in [0.05, 0.1) is 5.69 Å². The Labute approximate surface area is 107 Å². The molecule has 1 atom stereocenters. The summed E-state index contributed by atoms with van der Waals surface area (Å²) >= 11 is 0. The molecule has 0 spiro atoms. The van der Waals surface area contributed by atoms with Gasteiger partial charge in [0, 0.05) is 13.0 Å². The van der Waals surface area contributed by atoms with Crippen molar-refractivity contribution in [3.63, 3.8) is 0 Å². The third-order valence-corrected chi connectivity index (χ3v) is 3.73. The number of allylic oxidation sites excluding steroid dienone is 2. The van der Waals surface area contributed by atoms with Crippen LogP contribution in [0.2, 0.25) is 0 Å². The summed E-state index contributed by atoms with van der Waals surface area (Å²) in [6.07, 6.45) is 7.99. The average molecular weight is 244 g/mol. The number of nitrogens with one attached hydrogen (secondary N) is 1. The molecule has 0 saturated carbocycles. The average Bonchev–Trinajstić information content (AvgIpc) is 2.91. The zero-order valence-corrected chi connectivity index (χ0v) is 11.3. The summed E-state index contributed by atoms with van der Waals surface area (Å²) in [6, 6.07) is 0. The molecule has 4 nitrogen and oxygen atoms in total. The van der Waals surface area contributed by atoms with Gasteiger partial charge in [0.15, 0.2) is 5.65 Å². The number of hydrogen-bond acceptors (Lipinski definition) is 2. The van der Waals surface area contributed by atoms with Crippen molar-refractivity contribution >= 4 is 11.2 Å². The highest BCUT2D eigenvalue weighted by Crippen LogP contribution is 2.30. The van der Waals surface area contributed by atoms with Crippen molar-refractivity contribution in [2.24, 2.45) is 7.05 Å². The zero-order chi connectivity index (χ0) is 12.7. The number of aryl methyl sites for hydroxylation is 1. The van der Waals surface area contributed by atoms with E-state index in [0.717, 1.165) is 35.5 Å². The van der Waals surface area contributed by atoms with Gasteiger partial charge < -0.3 is 4.98 Å². The van der Waals surface area contributed by atoms with Gasteiger partial charge in [-0.05, 0) is 25.2 Å². The molecule has 1 aliphatic carbocycles. The van der Waals surface area contributed by atoms with E-state index in [4.69, 9.17) is 4.98 Å². The van der Waals surface area contributed by atoms with Gasteiger partial charge in [-0.25, -0.2) is 9.67 Å². The van der Waals surface area contributed by atoms with Crippen LogP contribution >= 0.6 is 0 Å². The molecule has 0 aromatic carbocycles. The summed E-state index contributed by atoms with van der Waals surface area (Å²) in [5.74, 6) is 2.10. The van der Waals surface area contributed by atoms with E-state index >= 15 is 0 Å². The molecule has 3 rings (SSSR count). The van der Waals surface area contributed by atoms with Gasteiger partial charge in [-0.2, -0.15) is 5.10 Å². The van der Waals surface area contributed by atoms with Crippen LogP contribution in [0.15, 0.2) is 12.2 Å². The Balaban J connectivity index is 2.05. The van der Waals surface area contributed by atoms with Gasteiger partial charge in [0.25, 0.3) is 0 Å². The van der Waals surface area contributed by atoms with Crippen molar-refractivity contribution in [3.05, 3.63) is 23.7 Å². The quantitative estimate of drug-likeness (QED) is 0.824. The first-order valence-electron chi connectivity index (χ1n) is 6.74. The number of H-pyrrole nitrogens is 1. The molecule has 1 aliphatic rings. The molecule has 96 valence electrons. The van der Waals surface area contributed by atoms with Crippen LogP contribution in [0.25, 0.3) is 11.2 Å². The van der Waals surface area contributed by atoms with Crippen LogP contribution in [0.3, 0.4) is 0 Å². The number of rotatable bonds is 2. The van der Waals surface area contributed by atoms with Crippen molar-refractivity contribution in [2.75, 3.05) is 0 Å². The highest BCUT2D eigenvalue weighted by atomic mass is 15.3. The van der Waals surface area contributed by atoms with Gasteiger partial charge in [-0.1, -0.05) is 26.0 Å². The number of fused-ring (bicyclic) bond motifs is 1. The molecule has 0 amide bonds. The lowest BCUT2D eigenvalue weighted by atomic mass is 9.94. The highest BCUT2D eigenvalue weighted by molar-refractivity contribution is 5.75. The van der Waals surface area contributed by atoms with Gasteiger partial charge in [0.2, 0.25) is 0 Å². The van der Waals surface area contributed by atoms with E-state index in [0.29, 0.717) is 11.8 Å². The fourth-order valence-electron chi connectivity index (χ4n) is 2.69. The molecule has 0 unspecified atom stereocenters. The maximum absolute atomic E-state index is 4.75. The molecular weight excluding hydrogens is 224 g/mol. The standard InChI is InChI=1S/C14H20N4/c1-9(2)11-12-14(18(3)17-11)16-13(15-12)10-7-5-4-6-8-10/h4-5,9-10H,6-8H2,1-3H3,(H,15,16)/t10-/m0/s1. The van der Waals surface area contributed by atoms with E-state index in [1.165, 1.54) is 6.42 Å². The Hall–Kier alpha value is -1.58. The predicted molar refractivity (Wildman–Crippen MR) is 72.7 cm³/mol. The van der Waals surface area contributed by atoms with Crippen LogP contribution in [0.4, 0.5) is 0 Å². The summed E-state index contributed by atoms with van der Waals surface area (Å²) in [5, 5.41) is 4.54. The third kappa shape index (κ3) is 1.76. The van der Waals surface area contributed by atoms with Gasteiger partial charge in [0.1, 0.15) is 11.3 Å². The van der Waals surface area contributed by atoms with Gasteiger partial charge >= 0.3 is 0 Å². The third-order valence-electron chi connectivity index (χ3n) is 3.73. The Morgan fingerprint density at radius 2 is 2.22 bits per heavy atom. The molecule has 2 aromatic heterocycles. The first-order chi connectivity index (χ1) is 8.66. The second-order valence-electron chi connectivity index (χ2n) is 5.47. The maximum atomic E-state index is 4.75. The molecule has 1 N–H and O–H groups in total. The number of hydrogen-bond donors (Lipinski definition) is 1. The number of aromatic nitrogens is 4. The number of aromatic amines is 1. The second kappa shape index (κ2) is 4.26. The van der Waals surface area contributed by atoms with E-state index in [1.54, 1.807) is 0 Å². The summed E-state index contributed by atoms with van der Waals surface area (Å²) in [6.45, 7) is 4.34. The normalized spacial score (nSPS) is 20.1. The number of imidazole rings is 1. The predicted octanol–water partition coefficient (Wildman–Crippen LogP) is 3.24. The van der Waals surface area contributed by atoms with Crippen LogP contribution in [0, 0.1) is 0 Å². The smallest absolute Gasteiger partial charge is 0.176 e. The Morgan fingerprint density at radius 1 is 1.39 bits per heavy atom. The lowest BCUT2D eigenvalue weighted by molar-refractivity contribution is 0.587. The first kappa shape index (κ1) is 11.5. The molecule has 0 radical (unpaired) electrons. The Morgan fingerprint density at radius 3 is 2.89 bits per heavy atom. The first-order valence-corrected chi connectivity index (χ1v) is 6.74. The summed E-state index contributed by atoms with van der Waals surface area (Å²) in [4.78, 5) is 8.26. The van der Waals surface area contributed by atoms with Gasteiger partial charge in [-0.3, -0.25) is 0 Å². The summed E-state index contributed by atoms with van der Waals surface area (Å²) < 4.78 is 1.89. The van der Waals surface area contributed by atoms with E-state index in [9.17, 15) is 0 Å². The summed E-state index contributed by atoms with van der Waals surface area (Å²) in [7, 11) is 1.97. The van der Waals surface area contributed by atoms with Crippen molar-refractivity contribution in [1.29, 1.82) is 0 Å². The molecule has 2 aromatic rings. The lowest BCUT2D eigenvalue weighted by Crippen LogP contribution is -2.04. The van der Waals surface area contributed by atoms with Crippen LogP contribution in [-0.4, -0.2) is 19.7 Å². The largest absolute Gasteiger partial charge is 0.339 e. The molecule has 0 bridgehead atoms. The molecule has 2 heterocycles. The van der Waals surface area contributed by atoms with Crippen LogP contribution < -0.4 is 0 Å². The second-order valence-corrected chi connectivity index (χ2v) is 5.47. The van der Waals surface area contributed by atoms with Crippen molar-refractivity contribution < 1.29 is 0 Å². The molecule has 0 saturated heterocycles. The molecular formula is C14H20N4. The van der Waals surface area contributed by atoms with Crippen LogP contribution in [0.1, 0.15) is 56.5 Å². The van der Waals surface area contributed by atoms with Crippen LogP contribution in [0.5, 0.6) is 0 Å². The van der Waals surface area contributed by atoms with Crippen molar-refractivity contribution in [3.8, 4) is 0 Å². The topological polar surface area (TPSA) is 46.5 Å². The molecule has 18 heavy (non-hydrogen) atoms. The Bertz CT molecular complexity index is 588. The monoisotopic (exact) mass is 244 g/mol. The lowest BCUT2D eigenvalue weighted by Gasteiger charge is -2.14. The zero-order valence-electron chi connectivity index (χ0n) is 11.3. The van der Waals surface area contributed by atoms with E-state index in [-0.39, 0.29) is 0 Å². The minimum Gasteiger partial charge on any atom is -0.339 e. The Kier molecular flexibility index (Phi) is 2.73. The van der Waals surface area contributed by atoms with Gasteiger partial charge in [-0.15, -0.1) is 0 Å². The fourth-order valence-corrected chi connectivity index (χ4v) is 2.69. The number of nitrogens with zero attached hydrogens (tertiary/aromatic N) is 3. The van der Waals surface area contributed by atoms with E-state index in [2.05, 4.69) is 36.1 Å². The minimum atomic E-state index is 0.424. The van der Waals surface area contributed by atoms with E-state index in [1.807, 2.05) is 11.7 Å². The minimum absolute atomic E-state index is 0.424. The highest BCUT2D eigenvalue weighted by Gasteiger charge is 2.21. The maximum Gasteiger partial charge on any atom is 0.176 e. The van der Waals surface area contributed by atoms with Crippen LogP contribution in [-0.2, 0) is 7.05 Å². The fraction of sp³-hybridized carbons (Fsp3) is 0.571. The molecule has 4 heteroatoms. The van der Waals surface area contributed by atoms with E-state index < -0.39 is 0 Å². The summed E-state index contributed by atoms with van der Waals surface area (Å²) in [5.41, 5.74) is 3.23. The molecule has 0 fully saturated rings. The molecule has 0 aliphatic heterocycles. The van der Waals surface area contributed by atoms with Crippen molar-refractivity contribution in [2.45, 2.75) is 44.9 Å². The SMILES string of the molecule is CC(C)c1nn(C)c2nc([C@H]3CC=CCC3)[nH]c12. The van der Waals surface area contributed by atoms with Crippen molar-refractivity contribution in [1.82, 2.24) is 19.7 Å².